The van der Waals surface area contributed by atoms with Gasteiger partial charge in [-0.15, -0.1) is 0 Å². The van der Waals surface area contributed by atoms with E-state index in [1.165, 1.54) is 18.2 Å². The van der Waals surface area contributed by atoms with E-state index in [9.17, 15) is 18.0 Å². The molecule has 0 unspecified atom stereocenters. The van der Waals surface area contributed by atoms with E-state index < -0.39 is 17.6 Å². The highest BCUT2D eigenvalue weighted by Gasteiger charge is 2.30. The maximum Gasteiger partial charge on any atom is 0.416 e. The number of amides is 1. The quantitative estimate of drug-likeness (QED) is 0.482. The molecule has 0 saturated carbocycles. The van der Waals surface area contributed by atoms with Gasteiger partial charge in [0.2, 0.25) is 5.91 Å². The number of benzene rings is 2. The minimum atomic E-state index is -4.42. The lowest BCUT2D eigenvalue weighted by atomic mass is 10.0. The predicted octanol–water partition coefficient (Wildman–Crippen LogP) is 6.51. The molecule has 0 spiro atoms. The van der Waals surface area contributed by atoms with Crippen molar-refractivity contribution in [1.29, 1.82) is 0 Å². The zero-order chi connectivity index (χ0) is 22.1. The molecule has 0 radical (unpaired) electrons. The first kappa shape index (κ1) is 21.5. The SMILES string of the molecule is CCOc1cc2oc(C)c(C)c2cc1/C(C)=C/C(=O)Nc1ccc(C(F)(F)F)cc1. The Hall–Kier alpha value is -3.22. The summed E-state index contributed by atoms with van der Waals surface area (Å²) in [6.07, 6.45) is -3.03. The van der Waals surface area contributed by atoms with Gasteiger partial charge in [-0.2, -0.15) is 13.2 Å². The van der Waals surface area contributed by atoms with Gasteiger partial charge in [0.1, 0.15) is 17.1 Å². The summed E-state index contributed by atoms with van der Waals surface area (Å²) in [7, 11) is 0. The third-order valence-electron chi connectivity index (χ3n) is 4.83. The summed E-state index contributed by atoms with van der Waals surface area (Å²) in [5.41, 5.74) is 2.63. The molecule has 30 heavy (non-hydrogen) atoms. The van der Waals surface area contributed by atoms with Crippen molar-refractivity contribution in [2.75, 3.05) is 11.9 Å². The van der Waals surface area contributed by atoms with Crippen LogP contribution in [0.5, 0.6) is 5.75 Å². The molecule has 2 aromatic carbocycles. The van der Waals surface area contributed by atoms with Gasteiger partial charge in [0.25, 0.3) is 0 Å². The minimum absolute atomic E-state index is 0.277. The van der Waals surface area contributed by atoms with Crippen molar-refractivity contribution in [2.45, 2.75) is 33.9 Å². The van der Waals surface area contributed by atoms with Crippen LogP contribution >= 0.6 is 0 Å². The number of ether oxygens (including phenoxy) is 1. The van der Waals surface area contributed by atoms with Crippen LogP contribution in [0.4, 0.5) is 18.9 Å². The van der Waals surface area contributed by atoms with E-state index in [1.807, 2.05) is 26.8 Å². The standard InChI is InChI=1S/C23H22F3NO3/c1-5-29-20-12-21-19(14(3)15(4)30-21)11-18(20)13(2)10-22(28)27-17-8-6-16(7-9-17)23(24,25)26/h6-12H,5H2,1-4H3,(H,27,28)/b13-10+. The second-order valence-electron chi connectivity index (χ2n) is 6.95. The molecule has 1 aromatic heterocycles. The van der Waals surface area contributed by atoms with Crippen LogP contribution in [0, 0.1) is 13.8 Å². The number of hydrogen-bond donors (Lipinski definition) is 1. The molecule has 1 amide bonds. The number of halogens is 3. The van der Waals surface area contributed by atoms with Crippen molar-refractivity contribution < 1.29 is 27.1 Å². The first-order valence-electron chi connectivity index (χ1n) is 9.43. The first-order chi connectivity index (χ1) is 14.1. The largest absolute Gasteiger partial charge is 0.493 e. The molecule has 158 valence electrons. The molecule has 0 fully saturated rings. The lowest BCUT2D eigenvalue weighted by molar-refractivity contribution is -0.137. The van der Waals surface area contributed by atoms with Crippen LogP contribution in [-0.4, -0.2) is 12.5 Å². The molecular weight excluding hydrogens is 395 g/mol. The van der Waals surface area contributed by atoms with Crippen LogP contribution in [0.3, 0.4) is 0 Å². The smallest absolute Gasteiger partial charge is 0.416 e. The lowest BCUT2D eigenvalue weighted by Gasteiger charge is -2.12. The normalized spacial score (nSPS) is 12.3. The molecule has 7 heteroatoms. The number of rotatable bonds is 5. The number of carbonyl (C=O) groups is 1. The third-order valence-corrected chi connectivity index (χ3v) is 4.83. The zero-order valence-electron chi connectivity index (χ0n) is 17.1. The van der Waals surface area contributed by atoms with Gasteiger partial charge in [-0.25, -0.2) is 0 Å². The van der Waals surface area contributed by atoms with Gasteiger partial charge in [-0.1, -0.05) is 0 Å². The molecule has 0 aliphatic rings. The molecule has 1 N–H and O–H groups in total. The van der Waals surface area contributed by atoms with Gasteiger partial charge in [-0.3, -0.25) is 4.79 Å². The number of anilines is 1. The van der Waals surface area contributed by atoms with E-state index in [-0.39, 0.29) is 5.69 Å². The Morgan fingerprint density at radius 3 is 2.43 bits per heavy atom. The fraction of sp³-hybridized carbons (Fsp3) is 0.261. The van der Waals surface area contributed by atoms with Crippen molar-refractivity contribution in [3.63, 3.8) is 0 Å². The number of nitrogens with one attached hydrogen (secondary N) is 1. The summed E-state index contributed by atoms with van der Waals surface area (Å²) in [4.78, 5) is 12.4. The highest BCUT2D eigenvalue weighted by Crippen LogP contribution is 2.35. The zero-order valence-corrected chi connectivity index (χ0v) is 17.1. The number of hydrogen-bond acceptors (Lipinski definition) is 3. The van der Waals surface area contributed by atoms with E-state index in [2.05, 4.69) is 5.32 Å². The van der Waals surface area contributed by atoms with E-state index in [1.54, 1.807) is 13.0 Å². The van der Waals surface area contributed by atoms with E-state index in [4.69, 9.17) is 9.15 Å². The van der Waals surface area contributed by atoms with Crippen LogP contribution in [-0.2, 0) is 11.0 Å². The summed E-state index contributed by atoms with van der Waals surface area (Å²) in [5.74, 6) is 0.955. The second-order valence-corrected chi connectivity index (χ2v) is 6.95. The van der Waals surface area contributed by atoms with Gasteiger partial charge < -0.3 is 14.5 Å². The number of furan rings is 1. The maximum absolute atomic E-state index is 12.7. The van der Waals surface area contributed by atoms with E-state index in [0.717, 1.165) is 34.4 Å². The van der Waals surface area contributed by atoms with E-state index >= 15 is 0 Å². The summed E-state index contributed by atoms with van der Waals surface area (Å²) in [6, 6.07) is 8.02. The molecule has 0 bridgehead atoms. The third kappa shape index (κ3) is 4.50. The molecule has 0 atom stereocenters. The Balaban J connectivity index is 1.88. The highest BCUT2D eigenvalue weighted by molar-refractivity contribution is 6.04. The minimum Gasteiger partial charge on any atom is -0.493 e. The molecule has 0 aliphatic carbocycles. The number of carbonyl (C=O) groups excluding carboxylic acids is 1. The van der Waals surface area contributed by atoms with Gasteiger partial charge in [-0.05, 0) is 69.2 Å². The van der Waals surface area contributed by atoms with Crippen LogP contribution in [0.15, 0.2) is 46.9 Å². The van der Waals surface area contributed by atoms with Crippen LogP contribution < -0.4 is 10.1 Å². The highest BCUT2D eigenvalue weighted by atomic mass is 19.4. The molecule has 0 saturated heterocycles. The van der Waals surface area contributed by atoms with Crippen molar-refractivity contribution in [2.24, 2.45) is 0 Å². The summed E-state index contributed by atoms with van der Waals surface area (Å²) >= 11 is 0. The lowest BCUT2D eigenvalue weighted by Crippen LogP contribution is -2.10. The van der Waals surface area contributed by atoms with Gasteiger partial charge in [0.15, 0.2) is 0 Å². The van der Waals surface area contributed by atoms with Crippen molar-refractivity contribution in [3.05, 3.63) is 64.9 Å². The summed E-state index contributed by atoms with van der Waals surface area (Å²) in [5, 5.41) is 3.52. The predicted molar refractivity (Wildman–Crippen MR) is 111 cm³/mol. The number of allylic oxidation sites excluding steroid dienone is 1. The average Bonchev–Trinajstić information content (AvgIpc) is 2.94. The summed E-state index contributed by atoms with van der Waals surface area (Å²) in [6.45, 7) is 7.93. The van der Waals surface area contributed by atoms with Crippen LogP contribution in [0.25, 0.3) is 16.5 Å². The molecule has 3 rings (SSSR count). The second kappa shape index (κ2) is 8.26. The molecule has 4 nitrogen and oxygen atoms in total. The Morgan fingerprint density at radius 1 is 1.17 bits per heavy atom. The molecule has 1 heterocycles. The van der Waals surface area contributed by atoms with Crippen molar-refractivity contribution >= 4 is 28.1 Å². The summed E-state index contributed by atoms with van der Waals surface area (Å²) < 4.78 is 49.5. The Kier molecular flexibility index (Phi) is 5.92. The Bertz CT molecular complexity index is 1110. The van der Waals surface area contributed by atoms with E-state index in [0.29, 0.717) is 23.5 Å². The first-order valence-corrected chi connectivity index (χ1v) is 9.43. The fourth-order valence-electron chi connectivity index (χ4n) is 3.15. The number of aryl methyl sites for hydroxylation is 2. The van der Waals surface area contributed by atoms with Crippen molar-refractivity contribution in [3.8, 4) is 5.75 Å². The van der Waals surface area contributed by atoms with Crippen LogP contribution in [0.1, 0.15) is 36.3 Å². The van der Waals surface area contributed by atoms with Gasteiger partial charge in [0.05, 0.1) is 12.2 Å². The Morgan fingerprint density at radius 2 is 1.83 bits per heavy atom. The molecule has 0 aliphatic heterocycles. The van der Waals surface area contributed by atoms with Gasteiger partial charge in [0, 0.05) is 28.8 Å². The van der Waals surface area contributed by atoms with Gasteiger partial charge >= 0.3 is 6.18 Å². The Labute approximate surface area is 172 Å². The molecule has 3 aromatic rings. The van der Waals surface area contributed by atoms with Crippen molar-refractivity contribution in [1.82, 2.24) is 0 Å². The molecular formula is C23H22F3NO3. The monoisotopic (exact) mass is 417 g/mol. The van der Waals surface area contributed by atoms with Crippen LogP contribution in [0.2, 0.25) is 0 Å². The number of alkyl halides is 3. The average molecular weight is 417 g/mol. The maximum atomic E-state index is 12.7. The topological polar surface area (TPSA) is 51.5 Å². The fourth-order valence-corrected chi connectivity index (χ4v) is 3.15. The number of fused-ring (bicyclic) bond motifs is 1.